The molecule has 0 saturated carbocycles. The van der Waals surface area contributed by atoms with Crippen molar-refractivity contribution in [2.75, 3.05) is 5.73 Å². The van der Waals surface area contributed by atoms with Gasteiger partial charge in [0.25, 0.3) is 0 Å². The van der Waals surface area contributed by atoms with Crippen LogP contribution in [0.2, 0.25) is 0 Å². The monoisotopic (exact) mass is 333 g/mol. The number of rotatable bonds is 1. The topological polar surface area (TPSA) is 108 Å². The highest BCUT2D eigenvalue weighted by atomic mass is 32.2. The molecule has 1 heterocycles. The van der Waals surface area contributed by atoms with Crippen molar-refractivity contribution in [2.24, 2.45) is 0 Å². The summed E-state index contributed by atoms with van der Waals surface area (Å²) in [5, 5.41) is 18.5. The second-order valence-electron chi connectivity index (χ2n) is 5.15. The lowest BCUT2D eigenvalue weighted by Gasteiger charge is -2.02. The van der Waals surface area contributed by atoms with E-state index in [4.69, 9.17) is 5.73 Å². The molecule has 0 fully saturated rings. The van der Waals surface area contributed by atoms with Crippen LogP contribution in [-0.2, 0) is 9.84 Å². The highest BCUT2D eigenvalue weighted by Gasteiger charge is 2.37. The predicted octanol–water partition coefficient (Wildman–Crippen LogP) is 2.90. The van der Waals surface area contributed by atoms with Crippen molar-refractivity contribution < 1.29 is 8.42 Å². The van der Waals surface area contributed by atoms with E-state index in [0.717, 1.165) is 0 Å². The van der Waals surface area contributed by atoms with Crippen molar-refractivity contribution >= 4 is 27.2 Å². The SMILES string of the molecule is N#CC(C#N)=C1C(=Cc2ccc(N)cc2)S(=O)(=O)c2ccccc21. The van der Waals surface area contributed by atoms with E-state index in [-0.39, 0.29) is 20.9 Å². The third-order valence-electron chi connectivity index (χ3n) is 3.69. The maximum Gasteiger partial charge on any atom is 0.207 e. The summed E-state index contributed by atoms with van der Waals surface area (Å²) >= 11 is 0. The molecule has 0 unspecified atom stereocenters. The minimum atomic E-state index is -3.80. The van der Waals surface area contributed by atoms with E-state index >= 15 is 0 Å². The second kappa shape index (κ2) is 5.69. The van der Waals surface area contributed by atoms with Crippen LogP contribution < -0.4 is 5.73 Å². The van der Waals surface area contributed by atoms with Crippen LogP contribution in [0.15, 0.2) is 63.9 Å². The van der Waals surface area contributed by atoms with Gasteiger partial charge in [-0.05, 0) is 29.8 Å². The van der Waals surface area contributed by atoms with E-state index in [1.807, 2.05) is 0 Å². The summed E-state index contributed by atoms with van der Waals surface area (Å²) in [7, 11) is -3.80. The summed E-state index contributed by atoms with van der Waals surface area (Å²) in [4.78, 5) is 0.0521. The summed E-state index contributed by atoms with van der Waals surface area (Å²) in [6.45, 7) is 0. The Kier molecular flexibility index (Phi) is 3.69. The maximum atomic E-state index is 12.9. The Morgan fingerprint density at radius 1 is 1.00 bits per heavy atom. The van der Waals surface area contributed by atoms with Gasteiger partial charge in [-0.1, -0.05) is 30.3 Å². The molecule has 3 rings (SSSR count). The molecule has 0 bridgehead atoms. The van der Waals surface area contributed by atoms with E-state index < -0.39 is 9.84 Å². The fourth-order valence-electron chi connectivity index (χ4n) is 2.58. The molecule has 24 heavy (non-hydrogen) atoms. The number of nitriles is 2. The Hall–Kier alpha value is -3.35. The zero-order chi connectivity index (χ0) is 17.3. The zero-order valence-electron chi connectivity index (χ0n) is 12.4. The number of fused-ring (bicyclic) bond motifs is 1. The normalized spacial score (nSPS) is 16.2. The zero-order valence-corrected chi connectivity index (χ0v) is 13.2. The summed E-state index contributed by atoms with van der Waals surface area (Å²) in [6, 6.07) is 16.6. The minimum absolute atomic E-state index is 0.0495. The fourth-order valence-corrected chi connectivity index (χ4v) is 4.31. The van der Waals surface area contributed by atoms with E-state index in [1.54, 1.807) is 54.6 Å². The first-order chi connectivity index (χ1) is 11.5. The Morgan fingerprint density at radius 3 is 2.25 bits per heavy atom. The number of benzene rings is 2. The molecule has 0 radical (unpaired) electrons. The van der Waals surface area contributed by atoms with Gasteiger partial charge in [-0.25, -0.2) is 8.42 Å². The summed E-state index contributed by atoms with van der Waals surface area (Å²) in [6.07, 6.45) is 1.46. The molecule has 5 nitrogen and oxygen atoms in total. The average molecular weight is 333 g/mol. The van der Waals surface area contributed by atoms with Crippen LogP contribution in [0, 0.1) is 22.7 Å². The molecule has 1 aliphatic rings. The molecule has 116 valence electrons. The number of sulfone groups is 1. The van der Waals surface area contributed by atoms with Gasteiger partial charge in [0.2, 0.25) is 9.84 Å². The first kappa shape index (κ1) is 15.5. The van der Waals surface area contributed by atoms with Crippen molar-refractivity contribution in [1.29, 1.82) is 10.5 Å². The van der Waals surface area contributed by atoms with Crippen LogP contribution in [0.25, 0.3) is 11.6 Å². The minimum Gasteiger partial charge on any atom is -0.399 e. The van der Waals surface area contributed by atoms with Crippen LogP contribution in [0.1, 0.15) is 11.1 Å². The molecule has 1 aliphatic heterocycles. The molecular formula is C18H11N3O2S. The first-order valence-corrected chi connectivity index (χ1v) is 8.44. The van der Waals surface area contributed by atoms with E-state index in [2.05, 4.69) is 0 Å². The summed E-state index contributed by atoms with van der Waals surface area (Å²) in [5.74, 6) is 0. The van der Waals surface area contributed by atoms with Crippen molar-refractivity contribution in [1.82, 2.24) is 0 Å². The number of hydrogen-bond donors (Lipinski definition) is 1. The van der Waals surface area contributed by atoms with Crippen LogP contribution in [0.4, 0.5) is 5.69 Å². The molecule has 0 aromatic heterocycles. The van der Waals surface area contributed by atoms with Gasteiger partial charge in [0.15, 0.2) is 0 Å². The van der Waals surface area contributed by atoms with Crippen LogP contribution >= 0.6 is 0 Å². The van der Waals surface area contributed by atoms with Gasteiger partial charge in [-0.15, -0.1) is 0 Å². The number of nitrogens with zero attached hydrogens (tertiary/aromatic N) is 2. The Morgan fingerprint density at radius 2 is 1.62 bits per heavy atom. The summed E-state index contributed by atoms with van der Waals surface area (Å²) < 4.78 is 25.7. The van der Waals surface area contributed by atoms with Crippen LogP contribution in [0.3, 0.4) is 0 Å². The fraction of sp³-hybridized carbons (Fsp3) is 0. The second-order valence-corrected chi connectivity index (χ2v) is 7.03. The number of nitrogens with two attached hydrogens (primary N) is 1. The van der Waals surface area contributed by atoms with Gasteiger partial charge >= 0.3 is 0 Å². The molecule has 0 atom stereocenters. The molecule has 2 aromatic carbocycles. The lowest BCUT2D eigenvalue weighted by Crippen LogP contribution is -1.98. The molecule has 0 saturated heterocycles. The van der Waals surface area contributed by atoms with Gasteiger partial charge in [-0.2, -0.15) is 10.5 Å². The van der Waals surface area contributed by atoms with Crippen molar-refractivity contribution in [3.05, 3.63) is 70.1 Å². The standard InChI is InChI=1S/C18H11N3O2S/c19-10-13(11-20)18-15-3-1-2-4-16(15)24(22,23)17(18)9-12-5-7-14(21)8-6-12/h1-9H,21H2. The Labute approximate surface area is 139 Å². The van der Waals surface area contributed by atoms with Crippen LogP contribution in [0.5, 0.6) is 0 Å². The molecule has 0 aliphatic carbocycles. The Balaban J connectivity index is 2.36. The third kappa shape index (κ3) is 2.36. The maximum absolute atomic E-state index is 12.9. The van der Waals surface area contributed by atoms with Gasteiger partial charge in [0, 0.05) is 16.8 Å². The molecule has 2 N–H and O–H groups in total. The van der Waals surface area contributed by atoms with Crippen molar-refractivity contribution in [2.45, 2.75) is 4.90 Å². The van der Waals surface area contributed by atoms with E-state index in [1.165, 1.54) is 12.1 Å². The van der Waals surface area contributed by atoms with Gasteiger partial charge < -0.3 is 5.73 Å². The lowest BCUT2D eigenvalue weighted by molar-refractivity contribution is 0.604. The largest absolute Gasteiger partial charge is 0.399 e. The van der Waals surface area contributed by atoms with E-state index in [0.29, 0.717) is 16.8 Å². The average Bonchev–Trinajstić information content (AvgIpc) is 2.80. The number of allylic oxidation sites excluding steroid dienone is 2. The molecule has 2 aromatic rings. The van der Waals surface area contributed by atoms with Gasteiger partial charge in [-0.3, -0.25) is 0 Å². The molecule has 0 spiro atoms. The lowest BCUT2D eigenvalue weighted by atomic mass is 9.99. The number of hydrogen-bond acceptors (Lipinski definition) is 5. The molecule has 6 heteroatoms. The summed E-state index contributed by atoms with van der Waals surface area (Å²) in [5.41, 5.74) is 7.10. The highest BCUT2D eigenvalue weighted by molar-refractivity contribution is 7.96. The molecule has 0 amide bonds. The van der Waals surface area contributed by atoms with Crippen molar-refractivity contribution in [3.63, 3.8) is 0 Å². The van der Waals surface area contributed by atoms with Gasteiger partial charge in [0.1, 0.15) is 17.7 Å². The first-order valence-electron chi connectivity index (χ1n) is 6.95. The number of anilines is 1. The molecular weight excluding hydrogens is 322 g/mol. The Bertz CT molecular complexity index is 1060. The quantitative estimate of drug-likeness (QED) is 0.637. The number of nitrogen functional groups attached to an aromatic ring is 1. The van der Waals surface area contributed by atoms with Gasteiger partial charge in [0.05, 0.1) is 9.80 Å². The predicted molar refractivity (Wildman–Crippen MR) is 90.6 cm³/mol. The third-order valence-corrected chi connectivity index (χ3v) is 5.53. The van der Waals surface area contributed by atoms with Crippen LogP contribution in [-0.4, -0.2) is 8.42 Å². The highest BCUT2D eigenvalue weighted by Crippen LogP contribution is 2.45. The van der Waals surface area contributed by atoms with Crippen molar-refractivity contribution in [3.8, 4) is 12.1 Å². The smallest absolute Gasteiger partial charge is 0.207 e. The van der Waals surface area contributed by atoms with E-state index in [9.17, 15) is 18.9 Å².